The van der Waals surface area contributed by atoms with Gasteiger partial charge in [-0.1, -0.05) is 6.07 Å². The topological polar surface area (TPSA) is 93.9 Å². The van der Waals surface area contributed by atoms with E-state index in [0.717, 1.165) is 31.5 Å². The van der Waals surface area contributed by atoms with Crippen molar-refractivity contribution in [2.75, 3.05) is 30.9 Å². The molecule has 1 heterocycles. The fourth-order valence-corrected chi connectivity index (χ4v) is 3.43. The first-order chi connectivity index (χ1) is 13.5. The number of aromatic nitrogens is 2. The minimum atomic E-state index is -0.119. The van der Waals surface area contributed by atoms with E-state index in [0.29, 0.717) is 35.6 Å². The Kier molecular flexibility index (Phi) is 6.43. The van der Waals surface area contributed by atoms with Gasteiger partial charge in [0.15, 0.2) is 0 Å². The highest BCUT2D eigenvalue weighted by molar-refractivity contribution is 5.94. The van der Waals surface area contributed by atoms with Crippen LogP contribution in [-0.2, 0) is 0 Å². The molecule has 0 bridgehead atoms. The van der Waals surface area contributed by atoms with Crippen molar-refractivity contribution in [2.24, 2.45) is 5.92 Å². The Morgan fingerprint density at radius 2 is 2.04 bits per heavy atom. The van der Waals surface area contributed by atoms with Gasteiger partial charge in [-0.3, -0.25) is 4.79 Å². The highest BCUT2D eigenvalue weighted by atomic mass is 16.1. The number of amides is 1. The first-order valence-corrected chi connectivity index (χ1v) is 9.60. The summed E-state index contributed by atoms with van der Waals surface area (Å²) < 4.78 is 0. The minimum absolute atomic E-state index is 0.119. The Labute approximate surface area is 165 Å². The molecule has 7 heteroatoms. The van der Waals surface area contributed by atoms with Crippen molar-refractivity contribution in [1.29, 1.82) is 5.26 Å². The number of anilines is 2. The summed E-state index contributed by atoms with van der Waals surface area (Å²) in [6, 6.07) is 11.1. The summed E-state index contributed by atoms with van der Waals surface area (Å²) in [4.78, 5) is 23.1. The maximum absolute atomic E-state index is 12.3. The van der Waals surface area contributed by atoms with E-state index in [1.165, 1.54) is 0 Å². The number of hydrogen-bond donors (Lipinski definition) is 2. The fraction of sp³-hybridized carbons (Fsp3) is 0.429. The largest absolute Gasteiger partial charge is 0.363 e. The highest BCUT2D eigenvalue weighted by Gasteiger charge is 2.22. The zero-order valence-corrected chi connectivity index (χ0v) is 16.4. The molecule has 1 aromatic carbocycles. The molecular weight excluding hydrogens is 352 g/mol. The standard InChI is InChI=1S/C21H26N6O/c1-27(2)19-10-11-23-21(26-19)25-18-8-6-15(7-9-18)14-24-20(28)17-5-3-4-16(12-17)13-22/h3-5,10-12,15,18H,6-9,14H2,1-2H3,(H,24,28)(H,23,25,26). The first-order valence-electron chi connectivity index (χ1n) is 9.60. The van der Waals surface area contributed by atoms with Gasteiger partial charge in [0.1, 0.15) is 5.82 Å². The average Bonchev–Trinajstić information content (AvgIpc) is 2.73. The zero-order valence-electron chi connectivity index (χ0n) is 16.4. The highest BCUT2D eigenvalue weighted by Crippen LogP contribution is 2.26. The molecule has 0 unspecified atom stereocenters. The van der Waals surface area contributed by atoms with Crippen LogP contribution in [0.15, 0.2) is 36.5 Å². The molecule has 1 aliphatic rings. The van der Waals surface area contributed by atoms with Crippen LogP contribution in [0.1, 0.15) is 41.6 Å². The molecule has 0 aliphatic heterocycles. The van der Waals surface area contributed by atoms with Crippen molar-refractivity contribution in [3.63, 3.8) is 0 Å². The summed E-state index contributed by atoms with van der Waals surface area (Å²) in [5.74, 6) is 1.90. The van der Waals surface area contributed by atoms with Crippen LogP contribution in [0.4, 0.5) is 11.8 Å². The van der Waals surface area contributed by atoms with Crippen LogP contribution >= 0.6 is 0 Å². The molecule has 146 valence electrons. The van der Waals surface area contributed by atoms with Crippen molar-refractivity contribution >= 4 is 17.7 Å². The number of carbonyl (C=O) groups excluding carboxylic acids is 1. The maximum atomic E-state index is 12.3. The van der Waals surface area contributed by atoms with E-state index in [4.69, 9.17) is 5.26 Å². The molecule has 2 N–H and O–H groups in total. The number of hydrogen-bond acceptors (Lipinski definition) is 6. The van der Waals surface area contributed by atoms with Crippen molar-refractivity contribution in [2.45, 2.75) is 31.7 Å². The Morgan fingerprint density at radius 1 is 1.25 bits per heavy atom. The van der Waals surface area contributed by atoms with Crippen LogP contribution in [0.2, 0.25) is 0 Å². The number of carbonyl (C=O) groups is 1. The lowest BCUT2D eigenvalue weighted by molar-refractivity contribution is 0.0943. The molecule has 3 rings (SSSR count). The number of benzene rings is 1. The number of nitriles is 1. The molecule has 0 spiro atoms. The van der Waals surface area contributed by atoms with Crippen molar-refractivity contribution in [3.05, 3.63) is 47.7 Å². The molecule has 2 aromatic rings. The van der Waals surface area contributed by atoms with E-state index < -0.39 is 0 Å². The van der Waals surface area contributed by atoms with E-state index in [2.05, 4.69) is 26.7 Å². The molecule has 0 atom stereocenters. The number of nitrogens with zero attached hydrogens (tertiary/aromatic N) is 4. The third-order valence-corrected chi connectivity index (χ3v) is 5.08. The lowest BCUT2D eigenvalue weighted by atomic mass is 9.86. The molecular formula is C21H26N6O. The van der Waals surface area contributed by atoms with E-state index >= 15 is 0 Å². The van der Waals surface area contributed by atoms with Crippen LogP contribution in [0, 0.1) is 17.2 Å². The molecule has 7 nitrogen and oxygen atoms in total. The summed E-state index contributed by atoms with van der Waals surface area (Å²) in [5.41, 5.74) is 1.03. The summed E-state index contributed by atoms with van der Waals surface area (Å²) in [6.07, 6.45) is 5.92. The van der Waals surface area contributed by atoms with Gasteiger partial charge >= 0.3 is 0 Å². The van der Waals surface area contributed by atoms with Crippen molar-refractivity contribution in [1.82, 2.24) is 15.3 Å². The van der Waals surface area contributed by atoms with E-state index in [1.807, 2.05) is 25.1 Å². The maximum Gasteiger partial charge on any atom is 0.251 e. The summed E-state index contributed by atoms with van der Waals surface area (Å²) >= 11 is 0. The minimum Gasteiger partial charge on any atom is -0.363 e. The Bertz CT molecular complexity index is 852. The fourth-order valence-electron chi connectivity index (χ4n) is 3.43. The quantitative estimate of drug-likeness (QED) is 0.803. The van der Waals surface area contributed by atoms with Crippen LogP contribution < -0.4 is 15.5 Å². The Balaban J connectivity index is 1.44. The van der Waals surface area contributed by atoms with Gasteiger partial charge in [-0.05, 0) is 55.9 Å². The van der Waals surface area contributed by atoms with Gasteiger partial charge in [-0.25, -0.2) is 4.98 Å². The normalized spacial score (nSPS) is 18.8. The summed E-state index contributed by atoms with van der Waals surface area (Å²) in [7, 11) is 3.92. The van der Waals surface area contributed by atoms with E-state index in [9.17, 15) is 4.79 Å². The Hall–Kier alpha value is -3.14. The molecule has 1 fully saturated rings. The molecule has 1 amide bonds. The van der Waals surface area contributed by atoms with Gasteiger partial charge in [-0.2, -0.15) is 10.2 Å². The van der Waals surface area contributed by atoms with Gasteiger partial charge in [0, 0.05) is 38.4 Å². The lowest BCUT2D eigenvalue weighted by Crippen LogP contribution is -2.34. The van der Waals surface area contributed by atoms with E-state index in [1.54, 1.807) is 30.5 Å². The second-order valence-electron chi connectivity index (χ2n) is 7.40. The van der Waals surface area contributed by atoms with Gasteiger partial charge < -0.3 is 15.5 Å². The van der Waals surface area contributed by atoms with E-state index in [-0.39, 0.29) is 5.91 Å². The van der Waals surface area contributed by atoms with Crippen LogP contribution in [0.3, 0.4) is 0 Å². The zero-order chi connectivity index (χ0) is 19.9. The van der Waals surface area contributed by atoms with Gasteiger partial charge in [0.25, 0.3) is 5.91 Å². The third-order valence-electron chi connectivity index (χ3n) is 5.08. The van der Waals surface area contributed by atoms with Crippen molar-refractivity contribution < 1.29 is 4.79 Å². The summed E-state index contributed by atoms with van der Waals surface area (Å²) in [5, 5.41) is 15.4. The number of nitrogens with one attached hydrogen (secondary N) is 2. The van der Waals surface area contributed by atoms with Crippen LogP contribution in [0.5, 0.6) is 0 Å². The Morgan fingerprint density at radius 3 is 2.75 bits per heavy atom. The number of rotatable bonds is 6. The SMILES string of the molecule is CN(C)c1ccnc(NC2CCC(CNC(=O)c3cccc(C#N)c3)CC2)n1. The second kappa shape index (κ2) is 9.18. The molecule has 0 radical (unpaired) electrons. The molecule has 28 heavy (non-hydrogen) atoms. The second-order valence-corrected chi connectivity index (χ2v) is 7.40. The molecule has 1 aromatic heterocycles. The molecule has 0 saturated heterocycles. The molecule has 1 saturated carbocycles. The third kappa shape index (κ3) is 5.19. The molecule has 1 aliphatic carbocycles. The lowest BCUT2D eigenvalue weighted by Gasteiger charge is -2.29. The summed E-state index contributed by atoms with van der Waals surface area (Å²) in [6.45, 7) is 0.662. The predicted molar refractivity (Wildman–Crippen MR) is 109 cm³/mol. The van der Waals surface area contributed by atoms with Gasteiger partial charge in [0.2, 0.25) is 5.95 Å². The smallest absolute Gasteiger partial charge is 0.251 e. The average molecular weight is 378 g/mol. The first kappa shape index (κ1) is 19.6. The monoisotopic (exact) mass is 378 g/mol. The van der Waals surface area contributed by atoms with Gasteiger partial charge in [0.05, 0.1) is 11.6 Å². The van der Waals surface area contributed by atoms with Crippen LogP contribution in [0.25, 0.3) is 0 Å². The predicted octanol–water partition coefficient (Wildman–Crippen LogP) is 2.81. The van der Waals surface area contributed by atoms with Crippen LogP contribution in [-0.4, -0.2) is 42.6 Å². The van der Waals surface area contributed by atoms with Crippen molar-refractivity contribution in [3.8, 4) is 6.07 Å². The van der Waals surface area contributed by atoms with Gasteiger partial charge in [-0.15, -0.1) is 0 Å².